The molecule has 138 valence electrons. The molecule has 1 aromatic heterocycles. The van der Waals surface area contributed by atoms with Crippen LogP contribution < -0.4 is 14.4 Å². The number of aromatic nitrogens is 1. The summed E-state index contributed by atoms with van der Waals surface area (Å²) in [5.74, 6) is 0.411. The van der Waals surface area contributed by atoms with Crippen molar-refractivity contribution in [3.63, 3.8) is 0 Å². The van der Waals surface area contributed by atoms with E-state index in [9.17, 15) is 9.90 Å². The summed E-state index contributed by atoms with van der Waals surface area (Å²) in [4.78, 5) is 19.2. The molecule has 6 nitrogen and oxygen atoms in total. The van der Waals surface area contributed by atoms with Crippen LogP contribution in [0.3, 0.4) is 0 Å². The lowest BCUT2D eigenvalue weighted by Crippen LogP contribution is -2.31. The summed E-state index contributed by atoms with van der Waals surface area (Å²) in [7, 11) is 2.99. The Hall–Kier alpha value is -3.54. The van der Waals surface area contributed by atoms with E-state index in [2.05, 4.69) is 4.98 Å². The smallest absolute Gasteiger partial charge is 0.266 e. The summed E-state index contributed by atoms with van der Waals surface area (Å²) in [6.07, 6.45) is 1.66. The minimum Gasteiger partial charge on any atom is -0.506 e. The number of hydrogen-bond donors (Lipinski definition) is 1. The number of phenolic OH excluding ortho intramolecular Hbond substituents is 1. The molecule has 0 bridgehead atoms. The largest absolute Gasteiger partial charge is 0.506 e. The van der Waals surface area contributed by atoms with Crippen molar-refractivity contribution in [2.75, 3.05) is 19.1 Å². The van der Waals surface area contributed by atoms with Crippen LogP contribution in [0.5, 0.6) is 17.2 Å². The third-order valence-electron chi connectivity index (χ3n) is 4.11. The molecular formula is C21H20N2O4. The van der Waals surface area contributed by atoms with Gasteiger partial charge < -0.3 is 14.6 Å². The number of benzene rings is 2. The Morgan fingerprint density at radius 2 is 1.63 bits per heavy atom. The topological polar surface area (TPSA) is 71.9 Å². The van der Waals surface area contributed by atoms with Crippen molar-refractivity contribution in [3.05, 3.63) is 78.1 Å². The summed E-state index contributed by atoms with van der Waals surface area (Å²) in [5.41, 5.74) is 1.34. The van der Waals surface area contributed by atoms with Crippen molar-refractivity contribution >= 4 is 11.6 Å². The summed E-state index contributed by atoms with van der Waals surface area (Å²) >= 11 is 0. The molecule has 3 rings (SSSR count). The normalized spacial score (nSPS) is 10.3. The van der Waals surface area contributed by atoms with Gasteiger partial charge in [-0.3, -0.25) is 14.7 Å². The van der Waals surface area contributed by atoms with Gasteiger partial charge in [0.1, 0.15) is 22.8 Å². The molecule has 1 N–H and O–H groups in total. The zero-order valence-corrected chi connectivity index (χ0v) is 15.1. The Morgan fingerprint density at radius 3 is 2.22 bits per heavy atom. The number of hydrogen-bond acceptors (Lipinski definition) is 5. The van der Waals surface area contributed by atoms with Gasteiger partial charge >= 0.3 is 0 Å². The molecule has 0 radical (unpaired) electrons. The average molecular weight is 364 g/mol. The standard InChI is InChI=1S/C21H20N2O4/c1-26-18-11-7-12-19(27-2)20(18)21(25)23(14-15-8-5-6-13-22-15)16-9-3-4-10-17(16)24/h3-13,24H,14H2,1-2H3. The van der Waals surface area contributed by atoms with Gasteiger partial charge in [0.05, 0.1) is 32.1 Å². The Bertz CT molecular complexity index is 906. The van der Waals surface area contributed by atoms with Crippen LogP contribution in [-0.2, 0) is 6.54 Å². The van der Waals surface area contributed by atoms with Crippen molar-refractivity contribution in [2.45, 2.75) is 6.54 Å². The molecular weight excluding hydrogens is 344 g/mol. The Morgan fingerprint density at radius 1 is 0.963 bits per heavy atom. The second-order valence-electron chi connectivity index (χ2n) is 5.74. The number of nitrogens with zero attached hydrogens (tertiary/aromatic N) is 2. The quantitative estimate of drug-likeness (QED) is 0.723. The van der Waals surface area contributed by atoms with Crippen LogP contribution in [0.4, 0.5) is 5.69 Å². The first-order chi connectivity index (χ1) is 13.2. The molecule has 0 unspecified atom stereocenters. The van der Waals surface area contributed by atoms with Gasteiger partial charge in [-0.05, 0) is 36.4 Å². The molecule has 0 spiro atoms. The Kier molecular flexibility index (Phi) is 5.56. The highest BCUT2D eigenvalue weighted by atomic mass is 16.5. The summed E-state index contributed by atoms with van der Waals surface area (Å²) in [6, 6.07) is 17.3. The van der Waals surface area contributed by atoms with E-state index in [1.807, 2.05) is 12.1 Å². The van der Waals surface area contributed by atoms with Crippen LogP contribution in [0.25, 0.3) is 0 Å². The van der Waals surface area contributed by atoms with E-state index in [0.717, 1.165) is 0 Å². The van der Waals surface area contributed by atoms with Gasteiger partial charge in [-0.2, -0.15) is 0 Å². The van der Waals surface area contributed by atoms with Crippen molar-refractivity contribution < 1.29 is 19.4 Å². The molecule has 6 heteroatoms. The monoisotopic (exact) mass is 364 g/mol. The van der Waals surface area contributed by atoms with Crippen molar-refractivity contribution in [1.29, 1.82) is 0 Å². The molecule has 0 atom stereocenters. The number of para-hydroxylation sites is 2. The molecule has 3 aromatic rings. The van der Waals surface area contributed by atoms with Crippen LogP contribution >= 0.6 is 0 Å². The highest BCUT2D eigenvalue weighted by Gasteiger charge is 2.27. The van der Waals surface area contributed by atoms with Gasteiger partial charge in [-0.25, -0.2) is 0 Å². The fourth-order valence-corrected chi connectivity index (χ4v) is 2.81. The molecule has 0 saturated heterocycles. The van der Waals surface area contributed by atoms with Gasteiger partial charge in [0.25, 0.3) is 5.91 Å². The van der Waals surface area contributed by atoms with E-state index in [-0.39, 0.29) is 23.8 Å². The van der Waals surface area contributed by atoms with Crippen LogP contribution in [0.15, 0.2) is 66.9 Å². The lowest BCUT2D eigenvalue weighted by molar-refractivity contribution is 0.0978. The number of pyridine rings is 1. The molecule has 2 aromatic carbocycles. The minimum absolute atomic E-state index is 0.00403. The first kappa shape index (κ1) is 18.3. The molecule has 0 aliphatic carbocycles. The van der Waals surface area contributed by atoms with E-state index in [1.165, 1.54) is 25.2 Å². The number of phenols is 1. The van der Waals surface area contributed by atoms with E-state index in [4.69, 9.17) is 9.47 Å². The first-order valence-corrected chi connectivity index (χ1v) is 8.36. The number of methoxy groups -OCH3 is 2. The predicted molar refractivity (Wildman–Crippen MR) is 102 cm³/mol. The number of rotatable bonds is 6. The average Bonchev–Trinajstić information content (AvgIpc) is 2.72. The summed E-state index contributed by atoms with van der Waals surface area (Å²) in [5, 5.41) is 10.3. The molecule has 0 fully saturated rings. The lowest BCUT2D eigenvalue weighted by Gasteiger charge is -2.25. The zero-order chi connectivity index (χ0) is 19.2. The van der Waals surface area contributed by atoms with E-state index >= 15 is 0 Å². The predicted octanol–water partition coefficient (Wildman–Crippen LogP) is 3.65. The van der Waals surface area contributed by atoms with Crippen LogP contribution in [0.1, 0.15) is 16.1 Å². The number of carbonyl (C=O) groups excluding carboxylic acids is 1. The second kappa shape index (κ2) is 8.23. The highest BCUT2D eigenvalue weighted by molar-refractivity contribution is 6.10. The maximum atomic E-state index is 13.5. The Labute approximate surface area is 157 Å². The SMILES string of the molecule is COc1cccc(OC)c1C(=O)N(Cc1ccccn1)c1ccccc1O. The summed E-state index contributed by atoms with van der Waals surface area (Å²) < 4.78 is 10.7. The molecule has 0 aliphatic rings. The third kappa shape index (κ3) is 3.84. The van der Waals surface area contributed by atoms with Crippen molar-refractivity contribution in [2.24, 2.45) is 0 Å². The van der Waals surface area contributed by atoms with Gasteiger partial charge in [-0.1, -0.05) is 24.3 Å². The van der Waals surface area contributed by atoms with E-state index < -0.39 is 0 Å². The fraction of sp³-hybridized carbons (Fsp3) is 0.143. The van der Waals surface area contributed by atoms with Crippen LogP contribution in [0.2, 0.25) is 0 Å². The lowest BCUT2D eigenvalue weighted by atomic mass is 10.1. The molecule has 0 saturated carbocycles. The molecule has 1 heterocycles. The van der Waals surface area contributed by atoms with E-state index in [1.54, 1.807) is 48.7 Å². The maximum absolute atomic E-state index is 13.5. The number of carbonyl (C=O) groups is 1. The number of ether oxygens (including phenoxy) is 2. The first-order valence-electron chi connectivity index (χ1n) is 8.36. The summed E-state index contributed by atoms with van der Waals surface area (Å²) in [6.45, 7) is 0.179. The number of amides is 1. The maximum Gasteiger partial charge on any atom is 0.266 e. The van der Waals surface area contributed by atoms with Gasteiger partial charge in [0.2, 0.25) is 0 Å². The highest BCUT2D eigenvalue weighted by Crippen LogP contribution is 2.34. The van der Waals surface area contributed by atoms with Crippen LogP contribution in [0, 0.1) is 0 Å². The van der Waals surface area contributed by atoms with Crippen LogP contribution in [-0.4, -0.2) is 30.2 Å². The Balaban J connectivity index is 2.11. The minimum atomic E-state index is -0.364. The number of anilines is 1. The van der Waals surface area contributed by atoms with Crippen molar-refractivity contribution in [3.8, 4) is 17.2 Å². The van der Waals surface area contributed by atoms with Gasteiger partial charge in [0.15, 0.2) is 0 Å². The molecule has 27 heavy (non-hydrogen) atoms. The van der Waals surface area contributed by atoms with Gasteiger partial charge in [0, 0.05) is 6.20 Å². The zero-order valence-electron chi connectivity index (χ0n) is 15.1. The van der Waals surface area contributed by atoms with Gasteiger partial charge in [-0.15, -0.1) is 0 Å². The van der Waals surface area contributed by atoms with Crippen molar-refractivity contribution in [1.82, 2.24) is 4.98 Å². The van der Waals surface area contributed by atoms with E-state index in [0.29, 0.717) is 22.9 Å². The fourth-order valence-electron chi connectivity index (χ4n) is 2.81. The second-order valence-corrected chi connectivity index (χ2v) is 5.74. The molecule has 1 amide bonds. The third-order valence-corrected chi connectivity index (χ3v) is 4.11. The molecule has 0 aliphatic heterocycles. The number of aromatic hydroxyl groups is 1.